The van der Waals surface area contributed by atoms with E-state index in [1.165, 1.54) is 0 Å². The standard InChI is InChI=1S/C15H20BrN3O/c1-4-19-14(15(16)11(3)18-19)9-20-13-7-5-6-12(8-13)10(2)17/h5-8,10H,4,9,17H2,1-3H3. The summed E-state index contributed by atoms with van der Waals surface area (Å²) in [7, 11) is 0. The number of nitrogens with two attached hydrogens (primary N) is 1. The number of halogens is 1. The topological polar surface area (TPSA) is 53.1 Å². The lowest BCUT2D eigenvalue weighted by molar-refractivity contribution is 0.291. The van der Waals surface area contributed by atoms with Gasteiger partial charge in [-0.15, -0.1) is 0 Å². The van der Waals surface area contributed by atoms with Crippen LogP contribution in [0.1, 0.15) is 36.8 Å². The lowest BCUT2D eigenvalue weighted by atomic mass is 10.1. The molecule has 1 unspecified atom stereocenters. The van der Waals surface area contributed by atoms with Crippen LogP contribution in [0.4, 0.5) is 0 Å². The summed E-state index contributed by atoms with van der Waals surface area (Å²) in [5.74, 6) is 0.827. The number of hydrogen-bond donors (Lipinski definition) is 1. The number of aryl methyl sites for hydroxylation is 2. The highest BCUT2D eigenvalue weighted by molar-refractivity contribution is 9.10. The molecule has 0 aliphatic rings. The Morgan fingerprint density at radius 3 is 2.85 bits per heavy atom. The molecule has 0 bridgehead atoms. The van der Waals surface area contributed by atoms with E-state index < -0.39 is 0 Å². The monoisotopic (exact) mass is 337 g/mol. The van der Waals surface area contributed by atoms with E-state index in [0.29, 0.717) is 6.61 Å². The molecule has 0 saturated carbocycles. The molecule has 108 valence electrons. The Morgan fingerprint density at radius 1 is 1.45 bits per heavy atom. The smallest absolute Gasteiger partial charge is 0.131 e. The van der Waals surface area contributed by atoms with E-state index >= 15 is 0 Å². The van der Waals surface area contributed by atoms with Crippen molar-refractivity contribution in [3.8, 4) is 5.75 Å². The first-order chi connectivity index (χ1) is 9.52. The molecule has 2 N–H and O–H groups in total. The van der Waals surface area contributed by atoms with E-state index in [0.717, 1.165) is 33.7 Å². The highest BCUT2D eigenvalue weighted by Gasteiger charge is 2.12. The summed E-state index contributed by atoms with van der Waals surface area (Å²) in [6, 6.07) is 7.91. The zero-order valence-corrected chi connectivity index (χ0v) is 13.6. The molecular formula is C15H20BrN3O. The molecule has 0 fully saturated rings. The number of nitrogens with zero attached hydrogens (tertiary/aromatic N) is 2. The van der Waals surface area contributed by atoms with Crippen molar-refractivity contribution in [2.24, 2.45) is 5.73 Å². The second-order valence-electron chi connectivity index (χ2n) is 4.81. The third-order valence-corrected chi connectivity index (χ3v) is 4.24. The van der Waals surface area contributed by atoms with Crippen molar-refractivity contribution in [3.05, 3.63) is 45.7 Å². The maximum absolute atomic E-state index is 5.89. The van der Waals surface area contributed by atoms with Crippen LogP contribution in [0.5, 0.6) is 5.75 Å². The van der Waals surface area contributed by atoms with Gasteiger partial charge in [-0.3, -0.25) is 4.68 Å². The van der Waals surface area contributed by atoms with Gasteiger partial charge < -0.3 is 10.5 Å². The van der Waals surface area contributed by atoms with Crippen LogP contribution < -0.4 is 10.5 Å². The fourth-order valence-electron chi connectivity index (χ4n) is 2.05. The Balaban J connectivity index is 2.15. The molecule has 4 nitrogen and oxygen atoms in total. The normalized spacial score (nSPS) is 12.4. The van der Waals surface area contributed by atoms with E-state index in [-0.39, 0.29) is 6.04 Å². The minimum atomic E-state index is 0.00806. The van der Waals surface area contributed by atoms with Crippen molar-refractivity contribution in [1.82, 2.24) is 9.78 Å². The van der Waals surface area contributed by atoms with E-state index in [4.69, 9.17) is 10.5 Å². The lowest BCUT2D eigenvalue weighted by Crippen LogP contribution is -2.08. The Labute approximate surface area is 128 Å². The molecule has 0 saturated heterocycles. The quantitative estimate of drug-likeness (QED) is 0.907. The third kappa shape index (κ3) is 3.22. The van der Waals surface area contributed by atoms with Crippen molar-refractivity contribution in [2.45, 2.75) is 40.0 Å². The average Bonchev–Trinajstić information content (AvgIpc) is 2.72. The van der Waals surface area contributed by atoms with Crippen molar-refractivity contribution in [1.29, 1.82) is 0 Å². The summed E-state index contributed by atoms with van der Waals surface area (Å²) in [5, 5.41) is 4.46. The number of ether oxygens (including phenoxy) is 1. The zero-order valence-electron chi connectivity index (χ0n) is 12.1. The SMILES string of the molecule is CCn1nc(C)c(Br)c1COc1cccc(C(C)N)c1. The minimum absolute atomic E-state index is 0.00806. The number of hydrogen-bond acceptors (Lipinski definition) is 3. The Kier molecular flexibility index (Phi) is 4.83. The highest BCUT2D eigenvalue weighted by atomic mass is 79.9. The molecule has 1 atom stereocenters. The van der Waals surface area contributed by atoms with Crippen LogP contribution in [0.25, 0.3) is 0 Å². The summed E-state index contributed by atoms with van der Waals surface area (Å²) in [5.41, 5.74) is 8.99. The zero-order chi connectivity index (χ0) is 14.7. The predicted molar refractivity (Wildman–Crippen MR) is 83.7 cm³/mol. The summed E-state index contributed by atoms with van der Waals surface area (Å²) in [6.07, 6.45) is 0. The molecule has 1 aromatic heterocycles. The van der Waals surface area contributed by atoms with Gasteiger partial charge in [0.05, 0.1) is 15.9 Å². The van der Waals surface area contributed by atoms with Crippen LogP contribution in [0.15, 0.2) is 28.7 Å². The first-order valence-electron chi connectivity index (χ1n) is 6.73. The second-order valence-corrected chi connectivity index (χ2v) is 5.60. The van der Waals surface area contributed by atoms with Gasteiger partial charge in [-0.2, -0.15) is 5.10 Å². The van der Waals surface area contributed by atoms with Crippen LogP contribution in [0, 0.1) is 6.92 Å². The van der Waals surface area contributed by atoms with Gasteiger partial charge in [-0.05, 0) is 54.4 Å². The largest absolute Gasteiger partial charge is 0.487 e. The van der Waals surface area contributed by atoms with E-state index in [1.807, 2.05) is 42.8 Å². The third-order valence-electron chi connectivity index (χ3n) is 3.21. The van der Waals surface area contributed by atoms with Gasteiger partial charge in [0.25, 0.3) is 0 Å². The van der Waals surface area contributed by atoms with Crippen LogP contribution in [-0.2, 0) is 13.2 Å². The van der Waals surface area contributed by atoms with Gasteiger partial charge in [0, 0.05) is 12.6 Å². The average molecular weight is 338 g/mol. The highest BCUT2D eigenvalue weighted by Crippen LogP contribution is 2.24. The minimum Gasteiger partial charge on any atom is -0.487 e. The fraction of sp³-hybridized carbons (Fsp3) is 0.400. The fourth-order valence-corrected chi connectivity index (χ4v) is 2.44. The Morgan fingerprint density at radius 2 is 2.20 bits per heavy atom. The van der Waals surface area contributed by atoms with Gasteiger partial charge >= 0.3 is 0 Å². The van der Waals surface area contributed by atoms with Gasteiger partial charge in [0.15, 0.2) is 0 Å². The first kappa shape index (κ1) is 15.1. The molecule has 1 heterocycles. The maximum Gasteiger partial charge on any atom is 0.131 e. The van der Waals surface area contributed by atoms with E-state index in [2.05, 4.69) is 28.0 Å². The Bertz CT molecular complexity index is 593. The van der Waals surface area contributed by atoms with Crippen LogP contribution >= 0.6 is 15.9 Å². The summed E-state index contributed by atoms with van der Waals surface area (Å²) in [6.45, 7) is 7.32. The summed E-state index contributed by atoms with van der Waals surface area (Å²) < 4.78 is 8.84. The molecule has 0 spiro atoms. The van der Waals surface area contributed by atoms with Crippen LogP contribution in [0.3, 0.4) is 0 Å². The van der Waals surface area contributed by atoms with E-state index in [9.17, 15) is 0 Å². The van der Waals surface area contributed by atoms with Crippen molar-refractivity contribution < 1.29 is 4.74 Å². The van der Waals surface area contributed by atoms with Gasteiger partial charge in [0.1, 0.15) is 12.4 Å². The molecule has 5 heteroatoms. The predicted octanol–water partition coefficient (Wildman–Crippen LogP) is 3.57. The summed E-state index contributed by atoms with van der Waals surface area (Å²) in [4.78, 5) is 0. The van der Waals surface area contributed by atoms with Gasteiger partial charge in [0.2, 0.25) is 0 Å². The number of benzene rings is 1. The second kappa shape index (κ2) is 6.41. The molecule has 2 aromatic rings. The molecule has 0 aliphatic heterocycles. The molecule has 1 aromatic carbocycles. The molecule has 0 radical (unpaired) electrons. The molecule has 0 amide bonds. The summed E-state index contributed by atoms with van der Waals surface area (Å²) >= 11 is 3.57. The number of aromatic nitrogens is 2. The number of rotatable bonds is 5. The van der Waals surface area contributed by atoms with Gasteiger partial charge in [-0.1, -0.05) is 12.1 Å². The Hall–Kier alpha value is -1.33. The molecular weight excluding hydrogens is 318 g/mol. The van der Waals surface area contributed by atoms with Crippen molar-refractivity contribution in [3.63, 3.8) is 0 Å². The molecule has 20 heavy (non-hydrogen) atoms. The maximum atomic E-state index is 5.89. The lowest BCUT2D eigenvalue weighted by Gasteiger charge is -2.11. The van der Waals surface area contributed by atoms with Crippen LogP contribution in [-0.4, -0.2) is 9.78 Å². The van der Waals surface area contributed by atoms with Crippen molar-refractivity contribution in [2.75, 3.05) is 0 Å². The molecule has 2 rings (SSSR count). The van der Waals surface area contributed by atoms with Crippen LogP contribution in [0.2, 0.25) is 0 Å². The first-order valence-corrected chi connectivity index (χ1v) is 7.52. The molecule has 0 aliphatic carbocycles. The van der Waals surface area contributed by atoms with E-state index in [1.54, 1.807) is 0 Å². The van der Waals surface area contributed by atoms with Crippen molar-refractivity contribution >= 4 is 15.9 Å². The van der Waals surface area contributed by atoms with Gasteiger partial charge in [-0.25, -0.2) is 0 Å².